The van der Waals surface area contributed by atoms with E-state index in [2.05, 4.69) is 18.3 Å². The van der Waals surface area contributed by atoms with Crippen LogP contribution in [0.4, 0.5) is 0 Å². The second kappa shape index (κ2) is 8.03. The van der Waals surface area contributed by atoms with Crippen molar-refractivity contribution in [1.82, 2.24) is 5.32 Å². The Morgan fingerprint density at radius 2 is 2.04 bits per heavy atom. The van der Waals surface area contributed by atoms with Crippen molar-refractivity contribution in [2.24, 2.45) is 0 Å². The largest absolute Gasteiger partial charge is 0.353 e. The van der Waals surface area contributed by atoms with Gasteiger partial charge in [-0.1, -0.05) is 43.7 Å². The molecule has 1 aromatic carbocycles. The summed E-state index contributed by atoms with van der Waals surface area (Å²) in [6.07, 6.45) is 2.23. The van der Waals surface area contributed by atoms with Crippen LogP contribution in [0.3, 0.4) is 0 Å². The zero-order chi connectivity index (χ0) is 16.8. The number of nitriles is 1. The van der Waals surface area contributed by atoms with E-state index in [0.717, 1.165) is 34.9 Å². The molecule has 0 fully saturated rings. The molecule has 1 aliphatic rings. The summed E-state index contributed by atoms with van der Waals surface area (Å²) in [4.78, 5) is 12.2. The highest BCUT2D eigenvalue weighted by Crippen LogP contribution is 2.40. The Labute approximate surface area is 142 Å². The van der Waals surface area contributed by atoms with Crippen LogP contribution >= 0.6 is 11.8 Å². The van der Waals surface area contributed by atoms with Crippen LogP contribution in [0, 0.1) is 11.3 Å². The van der Waals surface area contributed by atoms with E-state index in [4.69, 9.17) is 0 Å². The maximum Gasteiger partial charge on any atom is 0.158 e. The first-order valence-electron chi connectivity index (χ1n) is 7.90. The molecule has 4 heteroatoms. The number of nitrogens with one attached hydrogen (secondary N) is 1. The van der Waals surface area contributed by atoms with Gasteiger partial charge in [-0.25, -0.2) is 0 Å². The van der Waals surface area contributed by atoms with E-state index in [-0.39, 0.29) is 11.7 Å². The van der Waals surface area contributed by atoms with E-state index in [0.29, 0.717) is 11.1 Å². The molecule has 1 heterocycles. The number of hydrogen-bond acceptors (Lipinski definition) is 4. The van der Waals surface area contributed by atoms with Gasteiger partial charge in [0, 0.05) is 11.3 Å². The molecule has 0 aliphatic carbocycles. The molecule has 1 N–H and O–H groups in total. The van der Waals surface area contributed by atoms with Crippen LogP contribution in [0.15, 0.2) is 52.2 Å². The molecule has 3 nitrogen and oxygen atoms in total. The SMILES string of the molecule is CCCCSC1=C(C#N)C(c2ccccc2)C(C(C)=O)=C(C)N1. The van der Waals surface area contributed by atoms with Crippen molar-refractivity contribution in [1.29, 1.82) is 5.26 Å². The van der Waals surface area contributed by atoms with Crippen LogP contribution in [0.25, 0.3) is 0 Å². The molecule has 1 aliphatic heterocycles. The zero-order valence-electron chi connectivity index (χ0n) is 13.8. The first-order chi connectivity index (χ1) is 11.1. The number of rotatable bonds is 6. The van der Waals surface area contributed by atoms with E-state index >= 15 is 0 Å². The molecule has 1 atom stereocenters. The van der Waals surface area contributed by atoms with Crippen molar-refractivity contribution >= 4 is 17.5 Å². The highest BCUT2D eigenvalue weighted by molar-refractivity contribution is 8.03. The minimum absolute atomic E-state index is 0.00853. The highest BCUT2D eigenvalue weighted by Gasteiger charge is 2.32. The summed E-state index contributed by atoms with van der Waals surface area (Å²) in [5, 5.41) is 13.9. The summed E-state index contributed by atoms with van der Waals surface area (Å²) in [5.74, 6) is 0.701. The predicted molar refractivity (Wildman–Crippen MR) is 95.7 cm³/mol. The fourth-order valence-electron chi connectivity index (χ4n) is 2.79. The molecule has 0 bridgehead atoms. The molecule has 120 valence electrons. The fraction of sp³-hybridized carbons (Fsp3) is 0.368. The van der Waals surface area contributed by atoms with Crippen LogP contribution in [0.2, 0.25) is 0 Å². The summed E-state index contributed by atoms with van der Waals surface area (Å²) in [5.41, 5.74) is 3.17. The summed E-state index contributed by atoms with van der Waals surface area (Å²) < 4.78 is 0. The molecule has 2 rings (SSSR count). The summed E-state index contributed by atoms with van der Waals surface area (Å²) in [6, 6.07) is 12.2. The van der Waals surface area contributed by atoms with Gasteiger partial charge in [-0.3, -0.25) is 4.79 Å². The molecule has 0 aromatic heterocycles. The van der Waals surface area contributed by atoms with E-state index < -0.39 is 0 Å². The normalized spacial score (nSPS) is 17.7. The van der Waals surface area contributed by atoms with Crippen molar-refractivity contribution < 1.29 is 4.79 Å². The summed E-state index contributed by atoms with van der Waals surface area (Å²) >= 11 is 1.67. The Hall–Kier alpha value is -1.99. The Balaban J connectivity index is 2.50. The summed E-state index contributed by atoms with van der Waals surface area (Å²) in [6.45, 7) is 5.64. The average molecular weight is 326 g/mol. The van der Waals surface area contributed by atoms with Gasteiger partial charge in [0.05, 0.1) is 22.6 Å². The molecule has 1 unspecified atom stereocenters. The fourth-order valence-corrected chi connectivity index (χ4v) is 3.97. The topological polar surface area (TPSA) is 52.9 Å². The van der Waals surface area contributed by atoms with Crippen LogP contribution in [-0.4, -0.2) is 11.5 Å². The summed E-state index contributed by atoms with van der Waals surface area (Å²) in [7, 11) is 0. The van der Waals surface area contributed by atoms with Gasteiger partial charge >= 0.3 is 0 Å². The number of dihydropyridines is 1. The van der Waals surface area contributed by atoms with E-state index in [1.807, 2.05) is 37.3 Å². The molecule has 0 amide bonds. The molecular weight excluding hydrogens is 304 g/mol. The monoisotopic (exact) mass is 326 g/mol. The number of carbonyl (C=O) groups is 1. The number of Topliss-reactive ketones (excluding diaryl/α,β-unsaturated/α-hetero) is 1. The van der Waals surface area contributed by atoms with Crippen molar-refractivity contribution in [2.75, 3.05) is 5.75 Å². The van der Waals surface area contributed by atoms with Crippen molar-refractivity contribution in [3.05, 3.63) is 57.8 Å². The maximum absolute atomic E-state index is 12.2. The molecular formula is C19H22N2OS. The number of ketones is 1. The Kier molecular flexibility index (Phi) is 6.06. The highest BCUT2D eigenvalue weighted by atomic mass is 32.2. The third-order valence-corrected chi connectivity index (χ3v) is 5.01. The van der Waals surface area contributed by atoms with Gasteiger partial charge in [0.25, 0.3) is 0 Å². The number of allylic oxidation sites excluding steroid dienone is 3. The molecule has 1 aromatic rings. The molecule has 23 heavy (non-hydrogen) atoms. The van der Waals surface area contributed by atoms with Crippen molar-refractivity contribution in [3.8, 4) is 6.07 Å². The van der Waals surface area contributed by atoms with Crippen LogP contribution in [0.5, 0.6) is 0 Å². The van der Waals surface area contributed by atoms with Crippen LogP contribution in [0.1, 0.15) is 45.1 Å². The van der Waals surface area contributed by atoms with Gasteiger partial charge in [-0.05, 0) is 31.6 Å². The lowest BCUT2D eigenvalue weighted by Crippen LogP contribution is -2.27. The Morgan fingerprint density at radius 1 is 1.35 bits per heavy atom. The number of hydrogen-bond donors (Lipinski definition) is 1. The second-order valence-corrected chi connectivity index (χ2v) is 6.73. The Bertz CT molecular complexity index is 683. The molecule has 0 spiro atoms. The van der Waals surface area contributed by atoms with Gasteiger partial charge in [0.2, 0.25) is 0 Å². The number of benzene rings is 1. The first kappa shape index (κ1) is 17.4. The maximum atomic E-state index is 12.2. The third kappa shape index (κ3) is 3.86. The molecule has 0 saturated carbocycles. The van der Waals surface area contributed by atoms with Gasteiger partial charge in [0.15, 0.2) is 5.78 Å². The van der Waals surface area contributed by atoms with Gasteiger partial charge in [0.1, 0.15) is 0 Å². The standard InChI is InChI=1S/C19H22N2OS/c1-4-5-11-23-19-16(12-20)18(15-9-7-6-8-10-15)17(14(3)22)13(2)21-19/h6-10,18,21H,4-5,11H2,1-3H3. The zero-order valence-corrected chi connectivity index (χ0v) is 14.7. The van der Waals surface area contributed by atoms with Gasteiger partial charge in [-0.15, -0.1) is 11.8 Å². The molecule has 0 saturated heterocycles. The lowest BCUT2D eigenvalue weighted by molar-refractivity contribution is -0.113. The van der Waals surface area contributed by atoms with E-state index in [1.54, 1.807) is 18.7 Å². The van der Waals surface area contributed by atoms with E-state index in [1.165, 1.54) is 0 Å². The Morgan fingerprint density at radius 3 is 2.61 bits per heavy atom. The van der Waals surface area contributed by atoms with Crippen LogP contribution < -0.4 is 5.32 Å². The second-order valence-electron chi connectivity index (χ2n) is 5.62. The number of unbranched alkanes of at least 4 members (excludes halogenated alkanes) is 1. The number of carbonyl (C=O) groups excluding carboxylic acids is 1. The lowest BCUT2D eigenvalue weighted by Gasteiger charge is -2.29. The number of nitrogens with zero attached hydrogens (tertiary/aromatic N) is 1. The minimum atomic E-state index is -0.274. The van der Waals surface area contributed by atoms with E-state index in [9.17, 15) is 10.1 Å². The van der Waals surface area contributed by atoms with Crippen molar-refractivity contribution in [2.45, 2.75) is 39.5 Å². The van der Waals surface area contributed by atoms with Gasteiger partial charge < -0.3 is 5.32 Å². The van der Waals surface area contributed by atoms with Gasteiger partial charge in [-0.2, -0.15) is 5.26 Å². The average Bonchev–Trinajstić information content (AvgIpc) is 2.55. The van der Waals surface area contributed by atoms with Crippen LogP contribution in [-0.2, 0) is 4.79 Å². The quantitative estimate of drug-likeness (QED) is 0.782. The lowest BCUT2D eigenvalue weighted by atomic mass is 9.81. The smallest absolute Gasteiger partial charge is 0.158 e. The third-order valence-electron chi connectivity index (χ3n) is 3.90. The van der Waals surface area contributed by atoms with Crippen molar-refractivity contribution in [3.63, 3.8) is 0 Å². The minimum Gasteiger partial charge on any atom is -0.353 e. The predicted octanol–water partition coefficient (Wildman–Crippen LogP) is 4.50. The number of thioether (sulfide) groups is 1. The molecule has 0 radical (unpaired) electrons. The first-order valence-corrected chi connectivity index (χ1v) is 8.89.